The molecule has 0 aliphatic carbocycles. The van der Waals surface area contributed by atoms with Gasteiger partial charge in [-0.15, -0.1) is 0 Å². The molecule has 1 amide bonds. The van der Waals surface area contributed by atoms with E-state index in [4.69, 9.17) is 0 Å². The maximum Gasteiger partial charge on any atom is 0.318 e. The lowest BCUT2D eigenvalue weighted by Crippen LogP contribution is -2.27. The third-order valence-electron chi connectivity index (χ3n) is 2.78. The predicted molar refractivity (Wildman–Crippen MR) is 60.2 cm³/mol. The van der Waals surface area contributed by atoms with Gasteiger partial charge in [-0.3, -0.25) is 19.4 Å². The summed E-state index contributed by atoms with van der Waals surface area (Å²) >= 11 is 0. The van der Waals surface area contributed by atoms with E-state index in [2.05, 4.69) is 9.72 Å². The lowest BCUT2D eigenvalue weighted by atomic mass is 10.1. The Bertz CT molecular complexity index is 486. The first-order valence-corrected chi connectivity index (χ1v) is 5.44. The average molecular weight is 248 g/mol. The van der Waals surface area contributed by atoms with E-state index < -0.39 is 23.6 Å². The number of pyridine rings is 1. The summed E-state index contributed by atoms with van der Waals surface area (Å²) in [7, 11) is 1.20. The molecule has 18 heavy (non-hydrogen) atoms. The second kappa shape index (κ2) is 4.95. The molecule has 1 atom stereocenters. The molecule has 1 aromatic heterocycles. The zero-order valence-electron chi connectivity index (χ0n) is 9.83. The Morgan fingerprint density at radius 2 is 2.28 bits per heavy atom. The fourth-order valence-electron chi connectivity index (χ4n) is 1.84. The fraction of sp³-hybridized carbons (Fsp3) is 0.333. The van der Waals surface area contributed by atoms with Crippen LogP contribution in [0.5, 0.6) is 0 Å². The predicted octanol–water partition coefficient (Wildman–Crippen LogP) is -0.218. The highest BCUT2D eigenvalue weighted by molar-refractivity contribution is 6.42. The Morgan fingerprint density at radius 3 is 2.89 bits per heavy atom. The first kappa shape index (κ1) is 12.2. The second-order valence-corrected chi connectivity index (χ2v) is 3.95. The highest BCUT2D eigenvalue weighted by atomic mass is 16.5. The molecular formula is C12H12N2O4. The Hall–Kier alpha value is -2.24. The Kier molecular flexibility index (Phi) is 3.36. The van der Waals surface area contributed by atoms with Gasteiger partial charge in [-0.05, 0) is 12.1 Å². The molecule has 0 aromatic carbocycles. The van der Waals surface area contributed by atoms with Gasteiger partial charge in [-0.2, -0.15) is 0 Å². The van der Waals surface area contributed by atoms with E-state index in [1.807, 2.05) is 0 Å². The van der Waals surface area contributed by atoms with E-state index in [1.165, 1.54) is 12.0 Å². The number of carbonyl (C=O) groups is 3. The van der Waals surface area contributed by atoms with Crippen molar-refractivity contribution >= 4 is 17.7 Å². The molecular weight excluding hydrogens is 236 g/mol. The number of carbonyl (C=O) groups excluding carboxylic acids is 3. The minimum Gasteiger partial charge on any atom is -0.468 e. The van der Waals surface area contributed by atoms with Crippen molar-refractivity contribution in [2.75, 3.05) is 13.7 Å². The van der Waals surface area contributed by atoms with Gasteiger partial charge >= 0.3 is 5.97 Å². The summed E-state index contributed by atoms with van der Waals surface area (Å²) in [6, 6.07) is 5.31. The smallest absolute Gasteiger partial charge is 0.318 e. The number of ether oxygens (including phenoxy) is 1. The van der Waals surface area contributed by atoms with Crippen LogP contribution in [-0.2, 0) is 25.7 Å². The molecule has 0 unspecified atom stereocenters. The quantitative estimate of drug-likeness (QED) is 0.420. The van der Waals surface area contributed by atoms with E-state index in [1.54, 1.807) is 24.4 Å². The Morgan fingerprint density at radius 1 is 1.50 bits per heavy atom. The van der Waals surface area contributed by atoms with Crippen molar-refractivity contribution in [2.45, 2.75) is 6.54 Å². The largest absolute Gasteiger partial charge is 0.468 e. The zero-order valence-corrected chi connectivity index (χ0v) is 9.83. The van der Waals surface area contributed by atoms with Gasteiger partial charge < -0.3 is 9.64 Å². The van der Waals surface area contributed by atoms with Crippen molar-refractivity contribution in [3.05, 3.63) is 30.1 Å². The van der Waals surface area contributed by atoms with E-state index in [0.717, 1.165) is 0 Å². The van der Waals surface area contributed by atoms with Gasteiger partial charge in [0, 0.05) is 12.7 Å². The lowest BCUT2D eigenvalue weighted by molar-refractivity contribution is -0.150. The Labute approximate surface area is 104 Å². The second-order valence-electron chi connectivity index (χ2n) is 3.95. The third kappa shape index (κ3) is 2.22. The topological polar surface area (TPSA) is 76.6 Å². The third-order valence-corrected chi connectivity index (χ3v) is 2.78. The van der Waals surface area contributed by atoms with E-state index >= 15 is 0 Å². The Balaban J connectivity index is 2.10. The first-order chi connectivity index (χ1) is 8.63. The van der Waals surface area contributed by atoms with Gasteiger partial charge in [0.25, 0.3) is 5.91 Å². The van der Waals surface area contributed by atoms with Crippen LogP contribution in [0, 0.1) is 5.92 Å². The highest BCUT2D eigenvalue weighted by Gasteiger charge is 2.43. The van der Waals surface area contributed by atoms with Gasteiger partial charge in [0.05, 0.1) is 19.3 Å². The van der Waals surface area contributed by atoms with Gasteiger partial charge in [-0.25, -0.2) is 0 Å². The molecule has 0 spiro atoms. The van der Waals surface area contributed by atoms with Crippen LogP contribution in [0.15, 0.2) is 24.4 Å². The average Bonchev–Trinajstić information content (AvgIpc) is 2.67. The van der Waals surface area contributed by atoms with Crippen molar-refractivity contribution < 1.29 is 19.1 Å². The monoisotopic (exact) mass is 248 g/mol. The summed E-state index contributed by atoms with van der Waals surface area (Å²) in [6.07, 6.45) is 1.61. The standard InChI is InChI=1S/C12H12N2O4/c1-18-12(17)9-7-14(11(16)10(9)15)6-8-4-2-3-5-13-8/h2-5,9H,6-7H2,1H3/t9-/m1/s1. The highest BCUT2D eigenvalue weighted by Crippen LogP contribution is 2.17. The first-order valence-electron chi connectivity index (χ1n) is 5.44. The molecule has 1 aromatic rings. The molecule has 1 saturated heterocycles. The van der Waals surface area contributed by atoms with Crippen LogP contribution < -0.4 is 0 Å². The van der Waals surface area contributed by atoms with Crippen molar-refractivity contribution in [2.24, 2.45) is 5.92 Å². The van der Waals surface area contributed by atoms with Crippen LogP contribution in [0.3, 0.4) is 0 Å². The molecule has 94 valence electrons. The minimum atomic E-state index is -1.01. The van der Waals surface area contributed by atoms with Crippen LogP contribution in [0.2, 0.25) is 0 Å². The van der Waals surface area contributed by atoms with Crippen molar-refractivity contribution in [3.63, 3.8) is 0 Å². The molecule has 6 nitrogen and oxygen atoms in total. The summed E-state index contributed by atoms with van der Waals surface area (Å²) < 4.78 is 4.50. The minimum absolute atomic E-state index is 0.0565. The number of likely N-dealkylation sites (tertiary alicyclic amines) is 1. The van der Waals surface area contributed by atoms with Crippen molar-refractivity contribution in [1.29, 1.82) is 0 Å². The number of amides is 1. The number of rotatable bonds is 3. The van der Waals surface area contributed by atoms with Crippen LogP contribution in [0.4, 0.5) is 0 Å². The maximum atomic E-state index is 11.7. The van der Waals surface area contributed by atoms with Gasteiger partial charge in [-0.1, -0.05) is 6.07 Å². The summed E-state index contributed by atoms with van der Waals surface area (Å²) in [4.78, 5) is 40.0. The van der Waals surface area contributed by atoms with Crippen LogP contribution in [0.25, 0.3) is 0 Å². The lowest BCUT2D eigenvalue weighted by Gasteiger charge is -2.14. The van der Waals surface area contributed by atoms with E-state index in [0.29, 0.717) is 5.69 Å². The zero-order chi connectivity index (χ0) is 13.1. The number of hydrogen-bond donors (Lipinski definition) is 0. The molecule has 2 heterocycles. The van der Waals surface area contributed by atoms with Gasteiger partial charge in [0.2, 0.25) is 5.78 Å². The van der Waals surface area contributed by atoms with Crippen LogP contribution >= 0.6 is 0 Å². The fourth-order valence-corrected chi connectivity index (χ4v) is 1.84. The molecule has 0 radical (unpaired) electrons. The van der Waals surface area contributed by atoms with Crippen LogP contribution in [-0.4, -0.2) is 41.2 Å². The molecule has 0 N–H and O–H groups in total. The van der Waals surface area contributed by atoms with Crippen molar-refractivity contribution in [1.82, 2.24) is 9.88 Å². The number of methoxy groups -OCH3 is 1. The summed E-state index contributed by atoms with van der Waals surface area (Å²) in [5, 5.41) is 0. The number of hydrogen-bond acceptors (Lipinski definition) is 5. The number of ketones is 1. The molecule has 1 aliphatic heterocycles. The number of aromatic nitrogens is 1. The summed E-state index contributed by atoms with van der Waals surface area (Å²) in [5.74, 6) is -3.04. The number of esters is 1. The maximum absolute atomic E-state index is 11.7. The molecule has 1 fully saturated rings. The molecule has 0 saturated carbocycles. The number of nitrogens with zero attached hydrogens (tertiary/aromatic N) is 2. The summed E-state index contributed by atoms with van der Waals surface area (Å²) in [5.41, 5.74) is 0.671. The molecule has 0 bridgehead atoms. The van der Waals surface area contributed by atoms with Crippen LogP contribution in [0.1, 0.15) is 5.69 Å². The molecule has 1 aliphatic rings. The van der Waals surface area contributed by atoms with E-state index in [-0.39, 0.29) is 13.1 Å². The summed E-state index contributed by atoms with van der Waals surface area (Å²) in [6.45, 7) is 0.278. The van der Waals surface area contributed by atoms with Gasteiger partial charge in [0.15, 0.2) is 0 Å². The van der Waals surface area contributed by atoms with E-state index in [9.17, 15) is 14.4 Å². The molecule has 2 rings (SSSR count). The SMILES string of the molecule is COC(=O)[C@@H]1CN(Cc2ccccn2)C(=O)C1=O. The van der Waals surface area contributed by atoms with Crippen molar-refractivity contribution in [3.8, 4) is 0 Å². The molecule has 6 heteroatoms. The number of Topliss-reactive ketones (excluding diaryl/α,β-unsaturated/α-hetero) is 1. The van der Waals surface area contributed by atoms with Gasteiger partial charge in [0.1, 0.15) is 5.92 Å². The normalized spacial score (nSPS) is 19.2.